The van der Waals surface area contributed by atoms with Crippen LogP contribution in [-0.2, 0) is 12.8 Å². The highest BCUT2D eigenvalue weighted by Crippen LogP contribution is 2.43. The predicted molar refractivity (Wildman–Crippen MR) is 93.1 cm³/mol. The lowest BCUT2D eigenvalue weighted by Crippen LogP contribution is -2.26. The Balaban J connectivity index is 1.89. The maximum Gasteiger partial charge on any atom is 0.142 e. The molecule has 3 rings (SSSR count). The SMILES string of the molecule is CCC1SCCSC1c1nc(C)c2c(n1)CCC(CN)C2. The summed E-state index contributed by atoms with van der Waals surface area (Å²) in [5, 5.41) is 1.14. The molecule has 1 aliphatic carbocycles. The summed E-state index contributed by atoms with van der Waals surface area (Å²) in [6.07, 6.45) is 4.54. The summed E-state index contributed by atoms with van der Waals surface area (Å²) in [5.41, 5.74) is 9.72. The Morgan fingerprint density at radius 2 is 2.05 bits per heavy atom. The van der Waals surface area contributed by atoms with E-state index >= 15 is 0 Å². The first-order valence-corrected chi connectivity index (χ1v) is 10.1. The van der Waals surface area contributed by atoms with Crippen LogP contribution in [0.1, 0.15) is 47.8 Å². The van der Waals surface area contributed by atoms with Crippen molar-refractivity contribution in [1.29, 1.82) is 0 Å². The normalized spacial score (nSPS) is 29.2. The predicted octanol–water partition coefficient (Wildman–Crippen LogP) is 3.15. The quantitative estimate of drug-likeness (QED) is 0.926. The van der Waals surface area contributed by atoms with Gasteiger partial charge in [-0.3, -0.25) is 0 Å². The van der Waals surface area contributed by atoms with Crippen molar-refractivity contribution in [3.8, 4) is 0 Å². The molecule has 1 fully saturated rings. The fourth-order valence-electron chi connectivity index (χ4n) is 3.35. The number of fused-ring (bicyclic) bond motifs is 1. The second kappa shape index (κ2) is 6.88. The molecule has 0 spiro atoms. The second-order valence-corrected chi connectivity index (χ2v) is 8.64. The lowest BCUT2D eigenvalue weighted by atomic mass is 9.86. The van der Waals surface area contributed by atoms with Crippen molar-refractivity contribution >= 4 is 23.5 Å². The highest BCUT2D eigenvalue weighted by molar-refractivity contribution is 8.06. The molecule has 5 heteroatoms. The molecule has 1 aromatic rings. The molecule has 2 N–H and O–H groups in total. The van der Waals surface area contributed by atoms with Crippen LogP contribution >= 0.6 is 23.5 Å². The topological polar surface area (TPSA) is 51.8 Å². The van der Waals surface area contributed by atoms with Crippen molar-refractivity contribution in [2.75, 3.05) is 18.1 Å². The van der Waals surface area contributed by atoms with Gasteiger partial charge in [0.15, 0.2) is 0 Å². The minimum Gasteiger partial charge on any atom is -0.330 e. The Labute approximate surface area is 136 Å². The van der Waals surface area contributed by atoms with Crippen molar-refractivity contribution < 1.29 is 0 Å². The molecule has 0 aromatic carbocycles. The van der Waals surface area contributed by atoms with Crippen LogP contribution in [0.25, 0.3) is 0 Å². The Morgan fingerprint density at radius 3 is 2.81 bits per heavy atom. The zero-order valence-corrected chi connectivity index (χ0v) is 14.6. The number of thioether (sulfide) groups is 2. The molecule has 1 aliphatic heterocycles. The lowest BCUT2D eigenvalue weighted by molar-refractivity contribution is 0.457. The molecule has 1 aromatic heterocycles. The number of hydrogen-bond donors (Lipinski definition) is 1. The summed E-state index contributed by atoms with van der Waals surface area (Å²) in [7, 11) is 0. The van der Waals surface area contributed by atoms with Crippen LogP contribution in [0.4, 0.5) is 0 Å². The summed E-state index contributed by atoms with van der Waals surface area (Å²) >= 11 is 4.14. The van der Waals surface area contributed by atoms with Gasteiger partial charge < -0.3 is 5.73 Å². The number of aromatic nitrogens is 2. The molecule has 116 valence electrons. The first-order chi connectivity index (χ1) is 10.2. The average molecular weight is 324 g/mol. The third-order valence-corrected chi connectivity index (χ3v) is 7.88. The molecular weight excluding hydrogens is 298 g/mol. The number of hydrogen-bond acceptors (Lipinski definition) is 5. The zero-order valence-electron chi connectivity index (χ0n) is 13.0. The summed E-state index contributed by atoms with van der Waals surface area (Å²) in [6, 6.07) is 0. The van der Waals surface area contributed by atoms with Gasteiger partial charge in [0, 0.05) is 28.1 Å². The summed E-state index contributed by atoms with van der Waals surface area (Å²) in [6.45, 7) is 5.23. The van der Waals surface area contributed by atoms with Gasteiger partial charge in [-0.1, -0.05) is 6.92 Å². The molecule has 3 atom stereocenters. The Morgan fingerprint density at radius 1 is 1.24 bits per heavy atom. The molecule has 1 saturated heterocycles. The van der Waals surface area contributed by atoms with E-state index in [-0.39, 0.29) is 0 Å². The molecule has 2 heterocycles. The van der Waals surface area contributed by atoms with E-state index in [0.717, 1.165) is 25.2 Å². The number of aryl methyl sites for hydroxylation is 2. The van der Waals surface area contributed by atoms with Gasteiger partial charge in [0.05, 0.1) is 5.25 Å². The van der Waals surface area contributed by atoms with Gasteiger partial charge >= 0.3 is 0 Å². The largest absolute Gasteiger partial charge is 0.330 e. The molecule has 21 heavy (non-hydrogen) atoms. The smallest absolute Gasteiger partial charge is 0.142 e. The van der Waals surface area contributed by atoms with Crippen LogP contribution in [0.3, 0.4) is 0 Å². The third-order valence-electron chi connectivity index (χ3n) is 4.64. The highest BCUT2D eigenvalue weighted by Gasteiger charge is 2.30. The lowest BCUT2D eigenvalue weighted by Gasteiger charge is -2.30. The molecule has 0 radical (unpaired) electrons. The Hall–Kier alpha value is -0.260. The molecular formula is C16H25N3S2. The first kappa shape index (κ1) is 15.6. The van der Waals surface area contributed by atoms with Crippen LogP contribution in [0.5, 0.6) is 0 Å². The van der Waals surface area contributed by atoms with Crippen molar-refractivity contribution in [2.45, 2.75) is 50.0 Å². The fourth-order valence-corrected chi connectivity index (χ4v) is 6.34. The molecule has 0 amide bonds. The van der Waals surface area contributed by atoms with Crippen molar-refractivity contribution in [3.63, 3.8) is 0 Å². The van der Waals surface area contributed by atoms with E-state index in [4.69, 9.17) is 15.7 Å². The van der Waals surface area contributed by atoms with Gasteiger partial charge in [0.1, 0.15) is 5.82 Å². The Bertz CT molecular complexity index is 507. The van der Waals surface area contributed by atoms with Crippen molar-refractivity contribution in [2.24, 2.45) is 11.7 Å². The van der Waals surface area contributed by atoms with E-state index in [9.17, 15) is 0 Å². The van der Waals surface area contributed by atoms with Crippen LogP contribution in [0.2, 0.25) is 0 Å². The van der Waals surface area contributed by atoms with E-state index in [1.807, 2.05) is 11.8 Å². The van der Waals surface area contributed by atoms with E-state index < -0.39 is 0 Å². The number of rotatable bonds is 3. The molecule has 0 bridgehead atoms. The van der Waals surface area contributed by atoms with Gasteiger partial charge in [-0.2, -0.15) is 11.8 Å². The first-order valence-electron chi connectivity index (χ1n) is 8.02. The third kappa shape index (κ3) is 3.25. The second-order valence-electron chi connectivity index (χ2n) is 6.05. The Kier molecular flexibility index (Phi) is 5.12. The van der Waals surface area contributed by atoms with Crippen LogP contribution in [0, 0.1) is 12.8 Å². The monoisotopic (exact) mass is 323 g/mol. The maximum atomic E-state index is 5.85. The molecule has 0 saturated carbocycles. The van der Waals surface area contributed by atoms with Gasteiger partial charge in [-0.25, -0.2) is 9.97 Å². The van der Waals surface area contributed by atoms with Gasteiger partial charge in [-0.05, 0) is 50.6 Å². The summed E-state index contributed by atoms with van der Waals surface area (Å²) in [5.74, 6) is 4.19. The minimum atomic E-state index is 0.477. The zero-order chi connectivity index (χ0) is 14.8. The minimum absolute atomic E-state index is 0.477. The van der Waals surface area contributed by atoms with E-state index in [1.165, 1.54) is 41.3 Å². The van der Waals surface area contributed by atoms with Gasteiger partial charge in [0.25, 0.3) is 0 Å². The summed E-state index contributed by atoms with van der Waals surface area (Å²) in [4.78, 5) is 9.87. The van der Waals surface area contributed by atoms with Crippen LogP contribution < -0.4 is 5.73 Å². The maximum absolute atomic E-state index is 5.85. The number of nitrogens with two attached hydrogens (primary N) is 1. The average Bonchev–Trinajstić information content (AvgIpc) is 2.54. The van der Waals surface area contributed by atoms with Crippen molar-refractivity contribution in [3.05, 3.63) is 22.8 Å². The van der Waals surface area contributed by atoms with Crippen LogP contribution in [0.15, 0.2) is 0 Å². The highest BCUT2D eigenvalue weighted by atomic mass is 32.2. The summed E-state index contributed by atoms with van der Waals surface area (Å²) < 4.78 is 0. The molecule has 3 nitrogen and oxygen atoms in total. The number of nitrogens with zero attached hydrogens (tertiary/aromatic N) is 2. The van der Waals surface area contributed by atoms with E-state index in [1.54, 1.807) is 0 Å². The standard InChI is InChI=1S/C16H25N3S2/c1-3-14-15(21-7-6-20-14)16-18-10(2)12-8-11(9-17)4-5-13(12)19-16/h11,14-15H,3-9,17H2,1-2H3. The molecule has 2 aliphatic rings. The van der Waals surface area contributed by atoms with Gasteiger partial charge in [0.2, 0.25) is 0 Å². The van der Waals surface area contributed by atoms with Crippen LogP contribution in [-0.4, -0.2) is 33.3 Å². The van der Waals surface area contributed by atoms with Crippen molar-refractivity contribution in [1.82, 2.24) is 9.97 Å². The van der Waals surface area contributed by atoms with E-state index in [2.05, 4.69) is 25.6 Å². The van der Waals surface area contributed by atoms with E-state index in [0.29, 0.717) is 16.4 Å². The fraction of sp³-hybridized carbons (Fsp3) is 0.750. The molecule has 3 unspecified atom stereocenters. The van der Waals surface area contributed by atoms with Gasteiger partial charge in [-0.15, -0.1) is 11.8 Å².